The van der Waals surface area contributed by atoms with Gasteiger partial charge >= 0.3 is 0 Å². The molecule has 2 heteroatoms. The van der Waals surface area contributed by atoms with Crippen molar-refractivity contribution < 1.29 is 0 Å². The van der Waals surface area contributed by atoms with Crippen LogP contribution in [0, 0.1) is 0 Å². The van der Waals surface area contributed by atoms with E-state index in [2.05, 4.69) is 123 Å². The van der Waals surface area contributed by atoms with E-state index in [1.54, 1.807) is 0 Å². The third-order valence-electron chi connectivity index (χ3n) is 4.38. The second kappa shape index (κ2) is 7.61. The first kappa shape index (κ1) is 17.3. The first-order chi connectivity index (χ1) is 12.7. The Morgan fingerprint density at radius 1 is 0.346 bits per heavy atom. The molecule has 4 aromatic rings. The Kier molecular flexibility index (Phi) is 5.05. The average molecular weight is 464 g/mol. The summed E-state index contributed by atoms with van der Waals surface area (Å²) in [6, 6.07) is 34.2. The SMILES string of the molecule is Brc1cc(Br)cc(-c2cccc(-c3ccc(-c4ccccc4)cc3)c2)c1. The summed E-state index contributed by atoms with van der Waals surface area (Å²) >= 11 is 7.15. The summed E-state index contributed by atoms with van der Waals surface area (Å²) in [5.74, 6) is 0. The van der Waals surface area contributed by atoms with Crippen LogP contribution in [0.1, 0.15) is 0 Å². The van der Waals surface area contributed by atoms with Crippen molar-refractivity contribution in [2.24, 2.45) is 0 Å². The zero-order valence-electron chi connectivity index (χ0n) is 14.0. The predicted octanol–water partition coefficient (Wildman–Crippen LogP) is 8.21. The van der Waals surface area contributed by atoms with Crippen molar-refractivity contribution in [3.8, 4) is 33.4 Å². The van der Waals surface area contributed by atoms with Crippen molar-refractivity contribution in [2.75, 3.05) is 0 Å². The van der Waals surface area contributed by atoms with Gasteiger partial charge in [-0.2, -0.15) is 0 Å². The van der Waals surface area contributed by atoms with E-state index in [0.717, 1.165) is 8.95 Å². The molecule has 0 saturated carbocycles. The summed E-state index contributed by atoms with van der Waals surface area (Å²) in [6.07, 6.45) is 0. The van der Waals surface area contributed by atoms with Gasteiger partial charge in [-0.3, -0.25) is 0 Å². The van der Waals surface area contributed by atoms with Crippen LogP contribution < -0.4 is 0 Å². The van der Waals surface area contributed by atoms with E-state index in [0.29, 0.717) is 0 Å². The highest BCUT2D eigenvalue weighted by Gasteiger charge is 2.05. The Balaban J connectivity index is 1.68. The molecule has 0 radical (unpaired) electrons. The first-order valence-electron chi connectivity index (χ1n) is 8.41. The second-order valence-electron chi connectivity index (χ2n) is 6.18. The summed E-state index contributed by atoms with van der Waals surface area (Å²) in [5, 5.41) is 0. The molecule has 0 aliphatic rings. The second-order valence-corrected chi connectivity index (χ2v) is 8.01. The lowest BCUT2D eigenvalue weighted by Crippen LogP contribution is -1.83. The maximum Gasteiger partial charge on any atom is 0.0192 e. The minimum absolute atomic E-state index is 1.07. The molecule has 0 spiro atoms. The van der Waals surface area contributed by atoms with Crippen LogP contribution in [0.4, 0.5) is 0 Å². The number of hydrogen-bond acceptors (Lipinski definition) is 0. The zero-order chi connectivity index (χ0) is 17.9. The van der Waals surface area contributed by atoms with Gasteiger partial charge in [-0.25, -0.2) is 0 Å². The van der Waals surface area contributed by atoms with Crippen LogP contribution in [0.5, 0.6) is 0 Å². The number of halogens is 2. The largest absolute Gasteiger partial charge is 0.0622 e. The molecular formula is C24H16Br2. The summed E-state index contributed by atoms with van der Waals surface area (Å²) < 4.78 is 2.14. The molecule has 126 valence electrons. The van der Waals surface area contributed by atoms with Gasteiger partial charge in [0.05, 0.1) is 0 Å². The van der Waals surface area contributed by atoms with Gasteiger partial charge in [0.15, 0.2) is 0 Å². The lowest BCUT2D eigenvalue weighted by molar-refractivity contribution is 1.55. The van der Waals surface area contributed by atoms with Gasteiger partial charge in [-0.1, -0.05) is 105 Å². The zero-order valence-corrected chi connectivity index (χ0v) is 17.2. The Morgan fingerprint density at radius 2 is 0.808 bits per heavy atom. The highest BCUT2D eigenvalue weighted by Crippen LogP contribution is 2.31. The van der Waals surface area contributed by atoms with E-state index in [4.69, 9.17) is 0 Å². The minimum Gasteiger partial charge on any atom is -0.0622 e. The highest BCUT2D eigenvalue weighted by atomic mass is 79.9. The van der Waals surface area contributed by atoms with E-state index in [1.165, 1.54) is 33.4 Å². The maximum absolute atomic E-state index is 3.57. The van der Waals surface area contributed by atoms with Gasteiger partial charge in [0, 0.05) is 8.95 Å². The fourth-order valence-electron chi connectivity index (χ4n) is 3.08. The molecule has 0 fully saturated rings. The maximum atomic E-state index is 3.57. The van der Waals surface area contributed by atoms with Crippen LogP contribution in [0.2, 0.25) is 0 Å². The molecule has 4 rings (SSSR count). The van der Waals surface area contributed by atoms with Crippen molar-refractivity contribution >= 4 is 31.9 Å². The van der Waals surface area contributed by atoms with E-state index in [1.807, 2.05) is 6.07 Å². The van der Waals surface area contributed by atoms with Gasteiger partial charge in [0.1, 0.15) is 0 Å². The Bertz CT molecular complexity index is 1020. The number of rotatable bonds is 3. The molecule has 0 heterocycles. The molecule has 0 N–H and O–H groups in total. The molecule has 0 saturated heterocycles. The molecule has 0 aromatic heterocycles. The van der Waals surface area contributed by atoms with Crippen LogP contribution >= 0.6 is 31.9 Å². The van der Waals surface area contributed by atoms with Crippen LogP contribution in [-0.4, -0.2) is 0 Å². The van der Waals surface area contributed by atoms with E-state index >= 15 is 0 Å². The predicted molar refractivity (Wildman–Crippen MR) is 118 cm³/mol. The quantitative estimate of drug-likeness (QED) is 0.287. The smallest absolute Gasteiger partial charge is 0.0192 e. The molecule has 0 atom stereocenters. The summed E-state index contributed by atoms with van der Waals surface area (Å²) in [4.78, 5) is 0. The fraction of sp³-hybridized carbons (Fsp3) is 0. The summed E-state index contributed by atoms with van der Waals surface area (Å²) in [5.41, 5.74) is 7.32. The topological polar surface area (TPSA) is 0 Å². The molecule has 0 aliphatic heterocycles. The summed E-state index contributed by atoms with van der Waals surface area (Å²) in [6.45, 7) is 0. The van der Waals surface area contributed by atoms with Gasteiger partial charge < -0.3 is 0 Å². The van der Waals surface area contributed by atoms with Crippen molar-refractivity contribution in [3.05, 3.63) is 106 Å². The number of hydrogen-bond donors (Lipinski definition) is 0. The Morgan fingerprint density at radius 3 is 1.42 bits per heavy atom. The lowest BCUT2D eigenvalue weighted by Gasteiger charge is -2.08. The fourth-order valence-corrected chi connectivity index (χ4v) is 4.38. The van der Waals surface area contributed by atoms with Gasteiger partial charge in [0.2, 0.25) is 0 Å². The van der Waals surface area contributed by atoms with E-state index in [9.17, 15) is 0 Å². The number of benzene rings is 4. The molecular weight excluding hydrogens is 448 g/mol. The van der Waals surface area contributed by atoms with Gasteiger partial charge in [0.25, 0.3) is 0 Å². The highest BCUT2D eigenvalue weighted by molar-refractivity contribution is 9.11. The average Bonchev–Trinajstić information content (AvgIpc) is 2.68. The van der Waals surface area contributed by atoms with Crippen LogP contribution in [0.25, 0.3) is 33.4 Å². The molecule has 0 unspecified atom stereocenters. The van der Waals surface area contributed by atoms with E-state index < -0.39 is 0 Å². The minimum atomic E-state index is 1.07. The molecule has 0 nitrogen and oxygen atoms in total. The summed E-state index contributed by atoms with van der Waals surface area (Å²) in [7, 11) is 0. The first-order valence-corrected chi connectivity index (χ1v) is 10.00. The Labute approximate surface area is 170 Å². The van der Waals surface area contributed by atoms with Gasteiger partial charge in [-0.15, -0.1) is 0 Å². The molecule has 0 amide bonds. The molecule has 26 heavy (non-hydrogen) atoms. The third-order valence-corrected chi connectivity index (χ3v) is 5.30. The molecule has 0 aliphatic carbocycles. The van der Waals surface area contributed by atoms with E-state index in [-0.39, 0.29) is 0 Å². The third kappa shape index (κ3) is 3.82. The Hall–Kier alpha value is -2.16. The van der Waals surface area contributed by atoms with Crippen LogP contribution in [0.15, 0.2) is 106 Å². The lowest BCUT2D eigenvalue weighted by atomic mass is 9.97. The molecule has 4 aromatic carbocycles. The normalized spacial score (nSPS) is 10.7. The van der Waals surface area contributed by atoms with Crippen LogP contribution in [-0.2, 0) is 0 Å². The van der Waals surface area contributed by atoms with Crippen LogP contribution in [0.3, 0.4) is 0 Å². The van der Waals surface area contributed by atoms with Crippen molar-refractivity contribution in [2.45, 2.75) is 0 Å². The standard InChI is InChI=1S/C24H16Br2/c25-23-14-22(15-24(26)16-23)21-8-4-7-20(13-21)19-11-9-18(10-12-19)17-5-2-1-3-6-17/h1-16H. The van der Waals surface area contributed by atoms with Crippen molar-refractivity contribution in [1.29, 1.82) is 0 Å². The van der Waals surface area contributed by atoms with Crippen molar-refractivity contribution in [3.63, 3.8) is 0 Å². The monoisotopic (exact) mass is 462 g/mol. The van der Waals surface area contributed by atoms with Gasteiger partial charge in [-0.05, 0) is 57.6 Å². The van der Waals surface area contributed by atoms with Crippen molar-refractivity contribution in [1.82, 2.24) is 0 Å². The molecule has 0 bridgehead atoms.